The molecule has 20 heavy (non-hydrogen) atoms. The summed E-state index contributed by atoms with van der Waals surface area (Å²) < 4.78 is 5.25. The number of methoxy groups -OCH3 is 1. The molecule has 0 bridgehead atoms. The Balaban J connectivity index is 2.02. The van der Waals surface area contributed by atoms with Gasteiger partial charge in [-0.25, -0.2) is 0 Å². The molecule has 0 spiro atoms. The Morgan fingerprint density at radius 3 is 2.95 bits per heavy atom. The molecule has 1 amide bonds. The minimum atomic E-state index is -0.221. The van der Waals surface area contributed by atoms with Crippen LogP contribution >= 0.6 is 23.2 Å². The molecule has 1 fully saturated rings. The second-order valence-corrected chi connectivity index (χ2v) is 5.81. The Hall–Kier alpha value is -0.810. The number of rotatable bonds is 5. The van der Waals surface area contributed by atoms with Gasteiger partial charge in [-0.3, -0.25) is 4.79 Å². The molecule has 6 heteroatoms. The molecule has 1 heterocycles. The van der Waals surface area contributed by atoms with Crippen molar-refractivity contribution in [2.45, 2.75) is 18.4 Å². The first-order chi connectivity index (χ1) is 9.58. The van der Waals surface area contributed by atoms with Crippen LogP contribution in [0.3, 0.4) is 0 Å². The highest BCUT2D eigenvalue weighted by molar-refractivity contribution is 6.43. The zero-order valence-corrected chi connectivity index (χ0v) is 12.9. The summed E-state index contributed by atoms with van der Waals surface area (Å²) in [7, 11) is 1.66. The van der Waals surface area contributed by atoms with Gasteiger partial charge in [0, 0.05) is 13.7 Å². The third-order valence-electron chi connectivity index (χ3n) is 3.54. The number of nitrogens with one attached hydrogen (secondary N) is 2. The highest BCUT2D eigenvalue weighted by Crippen LogP contribution is 2.25. The van der Waals surface area contributed by atoms with Crippen LogP contribution in [-0.2, 0) is 4.74 Å². The van der Waals surface area contributed by atoms with Gasteiger partial charge in [0.25, 0.3) is 5.91 Å². The van der Waals surface area contributed by atoms with Crippen LogP contribution in [0.4, 0.5) is 0 Å². The molecule has 2 N–H and O–H groups in total. The molecule has 2 rings (SSSR count). The Bertz CT molecular complexity index is 488. The van der Waals surface area contributed by atoms with Gasteiger partial charge in [0.2, 0.25) is 0 Å². The number of hydrogen-bond donors (Lipinski definition) is 2. The van der Waals surface area contributed by atoms with Crippen LogP contribution in [0.5, 0.6) is 0 Å². The van der Waals surface area contributed by atoms with Crippen LogP contribution in [0, 0.1) is 0 Å². The Labute approximate surface area is 128 Å². The lowest BCUT2D eigenvalue weighted by molar-refractivity contribution is 0.0892. The van der Waals surface area contributed by atoms with Gasteiger partial charge >= 0.3 is 0 Å². The van der Waals surface area contributed by atoms with E-state index in [2.05, 4.69) is 10.6 Å². The third-order valence-corrected chi connectivity index (χ3v) is 4.36. The Kier molecular flexibility index (Phi) is 5.27. The minimum absolute atomic E-state index is 0.185. The summed E-state index contributed by atoms with van der Waals surface area (Å²) in [5.74, 6) is -0.221. The van der Waals surface area contributed by atoms with Crippen LogP contribution in [-0.4, -0.2) is 38.3 Å². The molecule has 0 aromatic heterocycles. The summed E-state index contributed by atoms with van der Waals surface area (Å²) in [6.45, 7) is 2.01. The van der Waals surface area contributed by atoms with E-state index in [1.165, 1.54) is 0 Å². The van der Waals surface area contributed by atoms with Crippen molar-refractivity contribution in [1.82, 2.24) is 10.6 Å². The first-order valence-electron chi connectivity index (χ1n) is 6.54. The second kappa shape index (κ2) is 6.76. The number of benzene rings is 1. The van der Waals surface area contributed by atoms with E-state index in [0.29, 0.717) is 23.7 Å². The number of amides is 1. The minimum Gasteiger partial charge on any atom is -0.383 e. The van der Waals surface area contributed by atoms with Crippen LogP contribution in [0.2, 0.25) is 10.0 Å². The van der Waals surface area contributed by atoms with Crippen LogP contribution in [0.25, 0.3) is 0 Å². The molecule has 110 valence electrons. The molecule has 1 aromatic rings. The van der Waals surface area contributed by atoms with E-state index in [4.69, 9.17) is 27.9 Å². The van der Waals surface area contributed by atoms with Gasteiger partial charge in [-0.2, -0.15) is 0 Å². The number of halogens is 2. The first kappa shape index (κ1) is 15.6. The van der Waals surface area contributed by atoms with Crippen molar-refractivity contribution in [3.63, 3.8) is 0 Å². The van der Waals surface area contributed by atoms with Gasteiger partial charge in [-0.05, 0) is 31.5 Å². The monoisotopic (exact) mass is 316 g/mol. The fraction of sp³-hybridized carbons (Fsp3) is 0.500. The van der Waals surface area contributed by atoms with Gasteiger partial charge in [-0.15, -0.1) is 0 Å². The summed E-state index contributed by atoms with van der Waals surface area (Å²) in [4.78, 5) is 12.2. The smallest absolute Gasteiger partial charge is 0.252 e. The summed E-state index contributed by atoms with van der Waals surface area (Å²) in [6.07, 6.45) is 2.06. The molecule has 1 atom stereocenters. The third kappa shape index (κ3) is 3.44. The van der Waals surface area contributed by atoms with Crippen molar-refractivity contribution in [2.75, 3.05) is 26.8 Å². The lowest BCUT2D eigenvalue weighted by atomic mass is 9.98. The van der Waals surface area contributed by atoms with Crippen LogP contribution in [0.1, 0.15) is 23.2 Å². The van der Waals surface area contributed by atoms with Gasteiger partial charge in [0.1, 0.15) is 0 Å². The van der Waals surface area contributed by atoms with Crippen molar-refractivity contribution < 1.29 is 9.53 Å². The average molecular weight is 317 g/mol. The van der Waals surface area contributed by atoms with Crippen molar-refractivity contribution in [1.29, 1.82) is 0 Å². The van der Waals surface area contributed by atoms with E-state index < -0.39 is 0 Å². The van der Waals surface area contributed by atoms with Gasteiger partial charge < -0.3 is 15.4 Å². The van der Waals surface area contributed by atoms with E-state index in [9.17, 15) is 4.79 Å². The molecule has 1 aliphatic rings. The Morgan fingerprint density at radius 1 is 1.50 bits per heavy atom. The summed E-state index contributed by atoms with van der Waals surface area (Å²) >= 11 is 12.0. The summed E-state index contributed by atoms with van der Waals surface area (Å²) in [6, 6.07) is 5.03. The van der Waals surface area contributed by atoms with Crippen molar-refractivity contribution in [3.8, 4) is 0 Å². The summed E-state index contributed by atoms with van der Waals surface area (Å²) in [5.41, 5.74) is 0.208. The highest BCUT2D eigenvalue weighted by Gasteiger charge is 2.34. The maximum absolute atomic E-state index is 12.2. The van der Waals surface area contributed by atoms with Crippen molar-refractivity contribution in [3.05, 3.63) is 33.8 Å². The fourth-order valence-corrected chi connectivity index (χ4v) is 2.88. The van der Waals surface area contributed by atoms with E-state index in [1.54, 1.807) is 25.3 Å². The number of carbonyl (C=O) groups excluding carboxylic acids is 1. The lowest BCUT2D eigenvalue weighted by Crippen LogP contribution is -2.53. The number of ether oxygens (including phenoxy) is 1. The number of carbonyl (C=O) groups is 1. The average Bonchev–Trinajstić information content (AvgIpc) is 2.89. The standard InChI is InChI=1S/C14H18Cl2N2O2/c1-20-9-14(6-3-7-18-14)8-17-13(19)10-4-2-5-11(15)12(10)16/h2,4-5,18H,3,6-9H2,1H3,(H,17,19). The molecule has 1 unspecified atom stereocenters. The van der Waals surface area contributed by atoms with E-state index >= 15 is 0 Å². The zero-order chi connectivity index (χ0) is 14.6. The molecule has 1 aromatic carbocycles. The molecule has 1 aliphatic heterocycles. The quantitative estimate of drug-likeness (QED) is 0.877. The van der Waals surface area contributed by atoms with Crippen molar-refractivity contribution in [2.24, 2.45) is 0 Å². The molecule has 0 radical (unpaired) electrons. The zero-order valence-electron chi connectivity index (χ0n) is 11.3. The predicted octanol–water partition coefficient (Wildman–Crippen LogP) is 2.49. The van der Waals surface area contributed by atoms with Crippen LogP contribution in [0.15, 0.2) is 18.2 Å². The fourth-order valence-electron chi connectivity index (χ4n) is 2.49. The normalized spacial score (nSPS) is 21.9. The maximum Gasteiger partial charge on any atom is 0.252 e. The first-order valence-corrected chi connectivity index (χ1v) is 7.30. The molecule has 0 saturated carbocycles. The largest absolute Gasteiger partial charge is 0.383 e. The van der Waals surface area contributed by atoms with E-state index in [-0.39, 0.29) is 16.5 Å². The Morgan fingerprint density at radius 2 is 2.30 bits per heavy atom. The van der Waals surface area contributed by atoms with Gasteiger partial charge in [0.05, 0.1) is 27.8 Å². The van der Waals surface area contributed by atoms with E-state index in [1.807, 2.05) is 0 Å². The molecule has 4 nitrogen and oxygen atoms in total. The number of hydrogen-bond acceptors (Lipinski definition) is 3. The predicted molar refractivity (Wildman–Crippen MR) is 80.6 cm³/mol. The molecular formula is C14H18Cl2N2O2. The van der Waals surface area contributed by atoms with E-state index in [0.717, 1.165) is 19.4 Å². The maximum atomic E-state index is 12.2. The molecule has 0 aliphatic carbocycles. The SMILES string of the molecule is COCC1(CNC(=O)c2cccc(Cl)c2Cl)CCCN1. The van der Waals surface area contributed by atoms with Crippen LogP contribution < -0.4 is 10.6 Å². The topological polar surface area (TPSA) is 50.4 Å². The van der Waals surface area contributed by atoms with Gasteiger partial charge in [-0.1, -0.05) is 29.3 Å². The second-order valence-electron chi connectivity index (χ2n) is 5.03. The van der Waals surface area contributed by atoms with Crippen molar-refractivity contribution >= 4 is 29.1 Å². The summed E-state index contributed by atoms with van der Waals surface area (Å²) in [5, 5.41) is 6.98. The highest BCUT2D eigenvalue weighted by atomic mass is 35.5. The van der Waals surface area contributed by atoms with Gasteiger partial charge in [0.15, 0.2) is 0 Å². The lowest BCUT2D eigenvalue weighted by Gasteiger charge is -2.29. The molecule has 1 saturated heterocycles. The molecular weight excluding hydrogens is 299 g/mol.